The number of benzene rings is 1. The number of hydrogen-bond donors (Lipinski definition) is 1. The highest BCUT2D eigenvalue weighted by Crippen LogP contribution is 2.37. The Hall–Kier alpha value is -0.820. The summed E-state index contributed by atoms with van der Waals surface area (Å²) in [6.07, 6.45) is 1.97. The fourth-order valence-electron chi connectivity index (χ4n) is 2.22. The van der Waals surface area contributed by atoms with Crippen LogP contribution in [0.25, 0.3) is 0 Å². The quantitative estimate of drug-likeness (QED) is 0.697. The van der Waals surface area contributed by atoms with Gasteiger partial charge in [-0.1, -0.05) is 37.3 Å². The van der Waals surface area contributed by atoms with Gasteiger partial charge in [0.25, 0.3) is 0 Å². The summed E-state index contributed by atoms with van der Waals surface area (Å²) in [5.41, 5.74) is 1.38. The summed E-state index contributed by atoms with van der Waals surface area (Å²) in [4.78, 5) is 0. The molecule has 0 amide bonds. The van der Waals surface area contributed by atoms with Crippen LogP contribution in [0.4, 0.5) is 0 Å². The molecule has 1 aromatic rings. The number of rotatable bonds is 1. The highest BCUT2D eigenvalue weighted by Gasteiger charge is 2.30. The van der Waals surface area contributed by atoms with Crippen LogP contribution in [0.2, 0.25) is 0 Å². The number of hydrogen-bond acceptors (Lipinski definition) is 1. The summed E-state index contributed by atoms with van der Waals surface area (Å²) in [5, 5.41) is 9.63. The van der Waals surface area contributed by atoms with Crippen molar-refractivity contribution in [3.8, 4) is 0 Å². The molecule has 0 radical (unpaired) electrons. The molecule has 2 rings (SSSR count). The summed E-state index contributed by atoms with van der Waals surface area (Å²) in [6, 6.07) is 10.5. The second-order valence-electron chi connectivity index (χ2n) is 4.12. The lowest BCUT2D eigenvalue weighted by Gasteiger charge is -2.08. The second kappa shape index (κ2) is 3.51. The first-order valence-corrected chi connectivity index (χ1v) is 5.00. The van der Waals surface area contributed by atoms with Crippen LogP contribution in [-0.4, -0.2) is 11.2 Å². The second-order valence-corrected chi connectivity index (χ2v) is 4.12. The molecule has 0 bridgehead atoms. The van der Waals surface area contributed by atoms with E-state index in [4.69, 9.17) is 0 Å². The molecule has 70 valence electrons. The highest BCUT2D eigenvalue weighted by molar-refractivity contribution is 5.21. The third-order valence-corrected chi connectivity index (χ3v) is 3.11. The molecule has 1 heteroatoms. The minimum atomic E-state index is -0.0924. The molecule has 0 aromatic heterocycles. The molecule has 3 atom stereocenters. The van der Waals surface area contributed by atoms with E-state index in [0.717, 1.165) is 12.8 Å². The number of aliphatic hydroxyl groups is 1. The van der Waals surface area contributed by atoms with E-state index in [9.17, 15) is 5.11 Å². The molecule has 0 saturated heterocycles. The van der Waals surface area contributed by atoms with Gasteiger partial charge in [0, 0.05) is 0 Å². The van der Waals surface area contributed by atoms with Crippen molar-refractivity contribution in [2.45, 2.75) is 31.8 Å². The Kier molecular flexibility index (Phi) is 2.36. The van der Waals surface area contributed by atoms with Crippen LogP contribution in [0.5, 0.6) is 0 Å². The fraction of sp³-hybridized carbons (Fsp3) is 0.500. The molecule has 1 saturated carbocycles. The lowest BCUT2D eigenvalue weighted by Crippen LogP contribution is -2.08. The highest BCUT2D eigenvalue weighted by atomic mass is 16.3. The topological polar surface area (TPSA) is 20.2 Å². The minimum absolute atomic E-state index is 0.0924. The van der Waals surface area contributed by atoms with Crippen LogP contribution >= 0.6 is 0 Å². The minimum Gasteiger partial charge on any atom is -0.393 e. The van der Waals surface area contributed by atoms with Crippen molar-refractivity contribution in [2.75, 3.05) is 0 Å². The van der Waals surface area contributed by atoms with Crippen LogP contribution in [0.3, 0.4) is 0 Å². The van der Waals surface area contributed by atoms with Crippen LogP contribution in [0, 0.1) is 5.92 Å². The van der Waals surface area contributed by atoms with E-state index in [1.807, 2.05) is 6.07 Å². The molecule has 1 nitrogen and oxygen atoms in total. The summed E-state index contributed by atoms with van der Waals surface area (Å²) < 4.78 is 0. The molecular formula is C12H16O. The molecule has 0 aliphatic heterocycles. The first kappa shape index (κ1) is 8.76. The van der Waals surface area contributed by atoms with Gasteiger partial charge in [0.1, 0.15) is 0 Å². The van der Waals surface area contributed by atoms with Gasteiger partial charge in [-0.05, 0) is 30.2 Å². The molecule has 1 aromatic carbocycles. The van der Waals surface area contributed by atoms with Crippen LogP contribution in [0.15, 0.2) is 30.3 Å². The van der Waals surface area contributed by atoms with Crippen LogP contribution in [0.1, 0.15) is 31.2 Å². The monoisotopic (exact) mass is 176 g/mol. The van der Waals surface area contributed by atoms with E-state index < -0.39 is 0 Å². The predicted octanol–water partition coefficient (Wildman–Crippen LogP) is 2.56. The lowest BCUT2D eigenvalue weighted by atomic mass is 9.97. The van der Waals surface area contributed by atoms with Crippen LogP contribution < -0.4 is 0 Å². The molecule has 1 fully saturated rings. The van der Waals surface area contributed by atoms with E-state index >= 15 is 0 Å². The average Bonchev–Trinajstić information content (AvgIpc) is 2.49. The van der Waals surface area contributed by atoms with Crippen molar-refractivity contribution in [3.05, 3.63) is 35.9 Å². The summed E-state index contributed by atoms with van der Waals surface area (Å²) in [6.45, 7) is 2.13. The molecule has 0 spiro atoms. The SMILES string of the molecule is CC1CC(c2ccccc2)CC1O. The van der Waals surface area contributed by atoms with E-state index in [0.29, 0.717) is 11.8 Å². The third kappa shape index (κ3) is 1.75. The summed E-state index contributed by atoms with van der Waals surface area (Å²) in [7, 11) is 0. The first-order valence-electron chi connectivity index (χ1n) is 5.00. The molecular weight excluding hydrogens is 160 g/mol. The van der Waals surface area contributed by atoms with Gasteiger partial charge in [0.05, 0.1) is 6.10 Å². The van der Waals surface area contributed by atoms with Crippen molar-refractivity contribution in [1.29, 1.82) is 0 Å². The molecule has 0 heterocycles. The van der Waals surface area contributed by atoms with Gasteiger partial charge < -0.3 is 5.11 Å². The van der Waals surface area contributed by atoms with Crippen molar-refractivity contribution in [2.24, 2.45) is 5.92 Å². The predicted molar refractivity (Wildman–Crippen MR) is 53.6 cm³/mol. The van der Waals surface area contributed by atoms with Gasteiger partial charge in [-0.2, -0.15) is 0 Å². The Bertz CT molecular complexity index is 258. The van der Waals surface area contributed by atoms with Gasteiger partial charge in [-0.25, -0.2) is 0 Å². The van der Waals surface area contributed by atoms with E-state index in [-0.39, 0.29) is 6.10 Å². The molecule has 1 aliphatic rings. The Morgan fingerprint density at radius 1 is 1.15 bits per heavy atom. The molecule has 1 aliphatic carbocycles. The van der Waals surface area contributed by atoms with E-state index in [2.05, 4.69) is 31.2 Å². The first-order chi connectivity index (χ1) is 6.27. The van der Waals surface area contributed by atoms with Gasteiger partial charge in [0.2, 0.25) is 0 Å². The van der Waals surface area contributed by atoms with Crippen molar-refractivity contribution >= 4 is 0 Å². The smallest absolute Gasteiger partial charge is 0.0571 e. The van der Waals surface area contributed by atoms with Crippen molar-refractivity contribution in [1.82, 2.24) is 0 Å². The van der Waals surface area contributed by atoms with Gasteiger partial charge in [-0.3, -0.25) is 0 Å². The zero-order valence-corrected chi connectivity index (χ0v) is 7.98. The Morgan fingerprint density at radius 2 is 1.85 bits per heavy atom. The zero-order chi connectivity index (χ0) is 9.26. The van der Waals surface area contributed by atoms with E-state index in [1.54, 1.807) is 0 Å². The fourth-order valence-corrected chi connectivity index (χ4v) is 2.22. The van der Waals surface area contributed by atoms with Gasteiger partial charge in [-0.15, -0.1) is 0 Å². The average molecular weight is 176 g/mol. The Labute approximate surface area is 79.4 Å². The van der Waals surface area contributed by atoms with Gasteiger partial charge in [0.15, 0.2) is 0 Å². The Morgan fingerprint density at radius 3 is 2.38 bits per heavy atom. The van der Waals surface area contributed by atoms with Gasteiger partial charge >= 0.3 is 0 Å². The molecule has 3 unspecified atom stereocenters. The number of aliphatic hydroxyl groups excluding tert-OH is 1. The van der Waals surface area contributed by atoms with Crippen molar-refractivity contribution in [3.63, 3.8) is 0 Å². The maximum atomic E-state index is 9.63. The standard InChI is InChI=1S/C12H16O/c1-9-7-11(8-12(9)13)10-5-3-2-4-6-10/h2-6,9,11-13H,7-8H2,1H3. The molecule has 13 heavy (non-hydrogen) atoms. The lowest BCUT2D eigenvalue weighted by molar-refractivity contribution is 0.141. The maximum Gasteiger partial charge on any atom is 0.0571 e. The Balaban J connectivity index is 2.12. The third-order valence-electron chi connectivity index (χ3n) is 3.11. The zero-order valence-electron chi connectivity index (χ0n) is 7.98. The van der Waals surface area contributed by atoms with Crippen LogP contribution in [-0.2, 0) is 0 Å². The van der Waals surface area contributed by atoms with Crippen molar-refractivity contribution < 1.29 is 5.11 Å². The normalized spacial score (nSPS) is 33.5. The largest absolute Gasteiger partial charge is 0.393 e. The van der Waals surface area contributed by atoms with E-state index in [1.165, 1.54) is 5.56 Å². The summed E-state index contributed by atoms with van der Waals surface area (Å²) >= 11 is 0. The maximum absolute atomic E-state index is 9.63. The summed E-state index contributed by atoms with van der Waals surface area (Å²) in [5.74, 6) is 1.04. The molecule has 1 N–H and O–H groups in total.